The number of nitrogens with zero attached hydrogens (tertiary/aromatic N) is 1. The van der Waals surface area contributed by atoms with Crippen molar-refractivity contribution in [3.05, 3.63) is 34.9 Å². The zero-order valence-corrected chi connectivity index (χ0v) is 15.6. The van der Waals surface area contributed by atoms with Crippen molar-refractivity contribution in [3.8, 4) is 0 Å². The summed E-state index contributed by atoms with van der Waals surface area (Å²) in [5, 5.41) is 3.31. The normalized spacial score (nSPS) is 18.2. The second-order valence-corrected chi connectivity index (χ2v) is 6.72. The van der Waals surface area contributed by atoms with Gasteiger partial charge in [-0.25, -0.2) is 0 Å². The summed E-state index contributed by atoms with van der Waals surface area (Å²) in [4.78, 5) is 26.1. The SMILES string of the molecule is CC(C)[C@H](N)C(=O)NCC(=O)N1CCCC1c1cccc(Cl)c1.Cl. The molecule has 7 heteroatoms. The van der Waals surface area contributed by atoms with Gasteiger partial charge in [-0.3, -0.25) is 9.59 Å². The van der Waals surface area contributed by atoms with E-state index in [0.717, 1.165) is 18.4 Å². The van der Waals surface area contributed by atoms with Crippen LogP contribution in [0, 0.1) is 5.92 Å². The fourth-order valence-corrected chi connectivity index (χ4v) is 3.01. The Morgan fingerprint density at radius 2 is 2.12 bits per heavy atom. The third kappa shape index (κ3) is 5.10. The predicted octanol–water partition coefficient (Wildman–Crippen LogP) is 2.52. The molecule has 0 aromatic heterocycles. The molecular formula is C17H25Cl2N3O2. The number of hydrogen-bond acceptors (Lipinski definition) is 3. The molecule has 24 heavy (non-hydrogen) atoms. The Morgan fingerprint density at radius 3 is 2.75 bits per heavy atom. The molecule has 1 aliphatic rings. The molecule has 2 atom stereocenters. The zero-order chi connectivity index (χ0) is 17.0. The molecule has 2 rings (SSSR count). The average Bonchev–Trinajstić information content (AvgIpc) is 3.01. The predicted molar refractivity (Wildman–Crippen MR) is 98.2 cm³/mol. The van der Waals surface area contributed by atoms with Crippen LogP contribution in [0.2, 0.25) is 5.02 Å². The van der Waals surface area contributed by atoms with E-state index >= 15 is 0 Å². The lowest BCUT2D eigenvalue weighted by atomic mass is 10.0. The van der Waals surface area contributed by atoms with Crippen LogP contribution in [0.1, 0.15) is 38.3 Å². The number of hydrogen-bond donors (Lipinski definition) is 2. The molecule has 1 saturated heterocycles. The lowest BCUT2D eigenvalue weighted by molar-refractivity contribution is -0.134. The van der Waals surface area contributed by atoms with Gasteiger partial charge in [-0.2, -0.15) is 0 Å². The van der Waals surface area contributed by atoms with Crippen LogP contribution in [0.25, 0.3) is 0 Å². The summed E-state index contributed by atoms with van der Waals surface area (Å²) in [6.45, 7) is 4.43. The van der Waals surface area contributed by atoms with Gasteiger partial charge in [0.15, 0.2) is 0 Å². The first-order valence-corrected chi connectivity index (χ1v) is 8.36. The quantitative estimate of drug-likeness (QED) is 0.832. The monoisotopic (exact) mass is 373 g/mol. The fraction of sp³-hybridized carbons (Fsp3) is 0.529. The van der Waals surface area contributed by atoms with Crippen molar-refractivity contribution in [2.75, 3.05) is 13.1 Å². The van der Waals surface area contributed by atoms with Crippen LogP contribution in [-0.2, 0) is 9.59 Å². The Morgan fingerprint density at radius 1 is 1.42 bits per heavy atom. The van der Waals surface area contributed by atoms with Gasteiger partial charge in [0.1, 0.15) is 0 Å². The van der Waals surface area contributed by atoms with Crippen LogP contribution in [0.5, 0.6) is 0 Å². The lowest BCUT2D eigenvalue weighted by Crippen LogP contribution is -2.47. The Labute approximate surface area is 154 Å². The first-order valence-electron chi connectivity index (χ1n) is 7.98. The second kappa shape index (κ2) is 9.25. The molecule has 134 valence electrons. The standard InChI is InChI=1S/C17H24ClN3O2.ClH/c1-11(2)16(19)17(23)20-10-15(22)21-8-4-7-14(21)12-5-3-6-13(18)9-12;/h3,5-6,9,11,14,16H,4,7-8,10,19H2,1-2H3,(H,20,23);1H/t14?,16-;/m0./s1. The molecule has 1 aromatic carbocycles. The van der Waals surface area contributed by atoms with Crippen LogP contribution in [0.3, 0.4) is 0 Å². The van der Waals surface area contributed by atoms with Crippen molar-refractivity contribution < 1.29 is 9.59 Å². The highest BCUT2D eigenvalue weighted by molar-refractivity contribution is 6.30. The minimum Gasteiger partial charge on any atom is -0.346 e. The van der Waals surface area contributed by atoms with E-state index in [-0.39, 0.29) is 42.7 Å². The van der Waals surface area contributed by atoms with Gasteiger partial charge in [0.25, 0.3) is 0 Å². The molecule has 0 radical (unpaired) electrons. The number of halogens is 2. The van der Waals surface area contributed by atoms with E-state index in [4.69, 9.17) is 17.3 Å². The van der Waals surface area contributed by atoms with Gasteiger partial charge in [0, 0.05) is 11.6 Å². The maximum Gasteiger partial charge on any atom is 0.242 e. The van der Waals surface area contributed by atoms with Gasteiger partial charge >= 0.3 is 0 Å². The number of carbonyl (C=O) groups excluding carboxylic acids is 2. The number of nitrogens with one attached hydrogen (secondary N) is 1. The molecule has 0 spiro atoms. The molecule has 1 heterocycles. The first-order chi connectivity index (χ1) is 10.9. The topological polar surface area (TPSA) is 75.4 Å². The van der Waals surface area contributed by atoms with Crippen LogP contribution < -0.4 is 11.1 Å². The summed E-state index contributed by atoms with van der Waals surface area (Å²) >= 11 is 6.04. The van der Waals surface area contributed by atoms with Crippen LogP contribution in [0.15, 0.2) is 24.3 Å². The smallest absolute Gasteiger partial charge is 0.242 e. The Balaban J connectivity index is 0.00000288. The van der Waals surface area contributed by atoms with Crippen molar-refractivity contribution in [2.45, 2.75) is 38.8 Å². The number of rotatable bonds is 5. The fourth-order valence-electron chi connectivity index (χ4n) is 2.81. The summed E-state index contributed by atoms with van der Waals surface area (Å²) in [5.41, 5.74) is 6.82. The largest absolute Gasteiger partial charge is 0.346 e. The first kappa shape index (κ1) is 20.7. The minimum atomic E-state index is -0.592. The summed E-state index contributed by atoms with van der Waals surface area (Å²) in [6.07, 6.45) is 1.86. The van der Waals surface area contributed by atoms with E-state index in [2.05, 4.69) is 5.32 Å². The number of carbonyl (C=O) groups is 2. The van der Waals surface area contributed by atoms with E-state index in [1.165, 1.54) is 0 Å². The van der Waals surface area contributed by atoms with Gasteiger partial charge in [-0.1, -0.05) is 37.6 Å². The van der Waals surface area contributed by atoms with Crippen LogP contribution in [0.4, 0.5) is 0 Å². The average molecular weight is 374 g/mol. The van der Waals surface area contributed by atoms with Gasteiger partial charge < -0.3 is 16.0 Å². The second-order valence-electron chi connectivity index (χ2n) is 6.29. The number of amides is 2. The molecule has 1 aliphatic heterocycles. The van der Waals surface area contributed by atoms with Gasteiger partial charge in [0.2, 0.25) is 11.8 Å². The summed E-state index contributed by atoms with van der Waals surface area (Å²) in [6, 6.07) is 7.02. The number of benzene rings is 1. The van der Waals surface area contributed by atoms with E-state index in [1.807, 2.05) is 43.0 Å². The molecule has 1 unspecified atom stereocenters. The van der Waals surface area contributed by atoms with Gasteiger partial charge in [-0.15, -0.1) is 12.4 Å². The zero-order valence-electron chi connectivity index (χ0n) is 14.0. The molecule has 3 N–H and O–H groups in total. The number of likely N-dealkylation sites (tertiary alicyclic amines) is 1. The van der Waals surface area contributed by atoms with Gasteiger partial charge in [0.05, 0.1) is 18.6 Å². The van der Waals surface area contributed by atoms with E-state index < -0.39 is 6.04 Å². The minimum absolute atomic E-state index is 0. The van der Waals surface area contributed by atoms with Crippen molar-refractivity contribution in [2.24, 2.45) is 11.7 Å². The van der Waals surface area contributed by atoms with Crippen LogP contribution in [-0.4, -0.2) is 35.8 Å². The Hall–Kier alpha value is -1.30. The highest BCUT2D eigenvalue weighted by Gasteiger charge is 2.30. The van der Waals surface area contributed by atoms with Crippen molar-refractivity contribution >= 4 is 35.8 Å². The molecular weight excluding hydrogens is 349 g/mol. The molecule has 5 nitrogen and oxygen atoms in total. The van der Waals surface area contributed by atoms with E-state index in [9.17, 15) is 9.59 Å². The number of nitrogens with two attached hydrogens (primary N) is 1. The van der Waals surface area contributed by atoms with Crippen molar-refractivity contribution in [1.29, 1.82) is 0 Å². The molecule has 0 bridgehead atoms. The van der Waals surface area contributed by atoms with Crippen LogP contribution >= 0.6 is 24.0 Å². The molecule has 2 amide bonds. The Bertz CT molecular complexity index is 581. The maximum atomic E-state index is 12.4. The van der Waals surface area contributed by atoms with Gasteiger partial charge in [-0.05, 0) is 36.5 Å². The third-order valence-electron chi connectivity index (χ3n) is 4.24. The highest BCUT2D eigenvalue weighted by atomic mass is 35.5. The summed E-state index contributed by atoms with van der Waals surface area (Å²) in [5.74, 6) is -0.334. The van der Waals surface area contributed by atoms with E-state index in [1.54, 1.807) is 0 Å². The third-order valence-corrected chi connectivity index (χ3v) is 4.48. The molecule has 1 fully saturated rings. The molecule has 1 aromatic rings. The van der Waals surface area contributed by atoms with E-state index in [0.29, 0.717) is 11.6 Å². The van der Waals surface area contributed by atoms with Crippen molar-refractivity contribution in [1.82, 2.24) is 10.2 Å². The maximum absolute atomic E-state index is 12.4. The Kier molecular flexibility index (Phi) is 8.00. The van der Waals surface area contributed by atoms with Crippen molar-refractivity contribution in [3.63, 3.8) is 0 Å². The molecule has 0 aliphatic carbocycles. The lowest BCUT2D eigenvalue weighted by Gasteiger charge is -2.26. The molecule has 0 saturated carbocycles. The highest BCUT2D eigenvalue weighted by Crippen LogP contribution is 2.32. The summed E-state index contributed by atoms with van der Waals surface area (Å²) < 4.78 is 0. The summed E-state index contributed by atoms with van der Waals surface area (Å²) in [7, 11) is 0.